The molecular weight excluding hydrogens is 180 g/mol. The number of rotatable bonds is 3. The van der Waals surface area contributed by atoms with Crippen LogP contribution in [-0.2, 0) is 0 Å². The van der Waals surface area contributed by atoms with E-state index >= 15 is 0 Å². The second-order valence-electron chi connectivity index (χ2n) is 3.51. The molecule has 0 aromatic carbocycles. The maximum atomic E-state index is 10.5. The molecule has 1 amide bonds. The molecule has 0 aromatic rings. The predicted molar refractivity (Wildman–Crippen MR) is 51.7 cm³/mol. The average molecular weight is 194 g/mol. The summed E-state index contributed by atoms with van der Waals surface area (Å²) >= 11 is 0. The highest BCUT2D eigenvalue weighted by Gasteiger charge is 2.24. The van der Waals surface area contributed by atoms with E-state index in [1.165, 1.54) is 6.08 Å². The minimum atomic E-state index is -1.02. The van der Waals surface area contributed by atoms with E-state index in [-0.39, 0.29) is 6.04 Å². The van der Waals surface area contributed by atoms with Gasteiger partial charge < -0.3 is 10.4 Å². The Morgan fingerprint density at radius 3 is 2.71 bits per heavy atom. The fourth-order valence-electron chi connectivity index (χ4n) is 1.93. The van der Waals surface area contributed by atoms with Gasteiger partial charge in [-0.25, -0.2) is 4.79 Å². The normalized spacial score (nSPS) is 19.4. The van der Waals surface area contributed by atoms with E-state index < -0.39 is 6.09 Å². The van der Waals surface area contributed by atoms with Gasteiger partial charge in [0.1, 0.15) is 0 Å². The van der Waals surface area contributed by atoms with Crippen molar-refractivity contribution in [2.24, 2.45) is 5.92 Å². The van der Waals surface area contributed by atoms with E-state index in [0.29, 0.717) is 5.92 Å². The van der Waals surface area contributed by atoms with Gasteiger partial charge in [-0.15, -0.1) is 0 Å². The molecule has 4 nitrogen and oxygen atoms in total. The summed E-state index contributed by atoms with van der Waals surface area (Å²) in [6.45, 7) is 0. The van der Waals surface area contributed by atoms with Gasteiger partial charge in [0.05, 0.1) is 12.1 Å². The number of carbonyl (C=O) groups is 1. The van der Waals surface area contributed by atoms with E-state index in [2.05, 4.69) is 5.32 Å². The summed E-state index contributed by atoms with van der Waals surface area (Å²) in [7, 11) is 0. The van der Waals surface area contributed by atoms with Crippen molar-refractivity contribution >= 4 is 6.09 Å². The summed E-state index contributed by atoms with van der Waals surface area (Å²) in [4.78, 5) is 10.5. The summed E-state index contributed by atoms with van der Waals surface area (Å²) in [6.07, 6.45) is 6.36. The van der Waals surface area contributed by atoms with Crippen LogP contribution in [0.15, 0.2) is 12.2 Å². The van der Waals surface area contributed by atoms with Gasteiger partial charge in [0.2, 0.25) is 0 Å². The molecule has 1 unspecified atom stereocenters. The Kier molecular flexibility index (Phi) is 3.99. The molecule has 0 spiro atoms. The molecule has 0 heterocycles. The quantitative estimate of drug-likeness (QED) is 0.674. The molecular formula is C10H14N2O2. The van der Waals surface area contributed by atoms with E-state index in [9.17, 15) is 4.79 Å². The van der Waals surface area contributed by atoms with E-state index in [4.69, 9.17) is 10.4 Å². The Morgan fingerprint density at radius 1 is 1.57 bits per heavy atom. The van der Waals surface area contributed by atoms with E-state index in [0.717, 1.165) is 25.7 Å². The van der Waals surface area contributed by atoms with Gasteiger partial charge in [-0.2, -0.15) is 5.26 Å². The maximum absolute atomic E-state index is 10.5. The lowest BCUT2D eigenvalue weighted by Crippen LogP contribution is -2.37. The topological polar surface area (TPSA) is 73.1 Å². The summed E-state index contributed by atoms with van der Waals surface area (Å²) < 4.78 is 0. The van der Waals surface area contributed by atoms with Crippen LogP contribution in [0.4, 0.5) is 4.79 Å². The third kappa shape index (κ3) is 3.09. The fourth-order valence-corrected chi connectivity index (χ4v) is 1.93. The number of hydrogen-bond acceptors (Lipinski definition) is 2. The molecule has 4 heteroatoms. The number of hydrogen-bond donors (Lipinski definition) is 2. The lowest BCUT2D eigenvalue weighted by molar-refractivity contribution is 0.188. The van der Waals surface area contributed by atoms with Crippen LogP contribution in [0, 0.1) is 17.2 Å². The Hall–Kier alpha value is -1.50. The lowest BCUT2D eigenvalue weighted by atomic mass is 9.98. The summed E-state index contributed by atoms with van der Waals surface area (Å²) in [5, 5.41) is 19.4. The zero-order chi connectivity index (χ0) is 10.4. The third-order valence-electron chi connectivity index (χ3n) is 2.58. The Balaban J connectivity index is 2.56. The van der Waals surface area contributed by atoms with Crippen molar-refractivity contribution in [3.05, 3.63) is 12.2 Å². The number of carboxylic acid groups (broad SMARTS) is 1. The molecule has 14 heavy (non-hydrogen) atoms. The van der Waals surface area contributed by atoms with Gasteiger partial charge in [-0.3, -0.25) is 0 Å². The zero-order valence-electron chi connectivity index (χ0n) is 7.94. The average Bonchev–Trinajstić information content (AvgIpc) is 2.64. The second kappa shape index (κ2) is 5.28. The third-order valence-corrected chi connectivity index (χ3v) is 2.58. The molecule has 1 rings (SSSR count). The number of nitriles is 1. The summed E-state index contributed by atoms with van der Waals surface area (Å²) in [5.41, 5.74) is 0. The molecule has 1 aliphatic rings. The molecule has 1 aliphatic carbocycles. The first-order valence-corrected chi connectivity index (χ1v) is 4.80. The first-order valence-electron chi connectivity index (χ1n) is 4.80. The first kappa shape index (κ1) is 10.6. The maximum Gasteiger partial charge on any atom is 0.405 e. The summed E-state index contributed by atoms with van der Waals surface area (Å²) in [5.74, 6) is 0.357. The Bertz CT molecular complexity index is 262. The van der Waals surface area contributed by atoms with Gasteiger partial charge in [0, 0.05) is 6.08 Å². The monoisotopic (exact) mass is 194 g/mol. The number of nitrogens with zero attached hydrogens (tertiary/aromatic N) is 1. The van der Waals surface area contributed by atoms with Crippen LogP contribution in [-0.4, -0.2) is 17.2 Å². The van der Waals surface area contributed by atoms with Crippen molar-refractivity contribution in [2.45, 2.75) is 31.7 Å². The van der Waals surface area contributed by atoms with Crippen molar-refractivity contribution in [3.8, 4) is 6.07 Å². The van der Waals surface area contributed by atoms with Crippen molar-refractivity contribution in [3.63, 3.8) is 0 Å². The molecule has 0 aromatic heterocycles. The molecule has 2 N–H and O–H groups in total. The van der Waals surface area contributed by atoms with Crippen molar-refractivity contribution in [2.75, 3.05) is 0 Å². The number of nitrogens with one attached hydrogen (secondary N) is 1. The van der Waals surface area contributed by atoms with Crippen LogP contribution in [0.3, 0.4) is 0 Å². The van der Waals surface area contributed by atoms with Crippen LogP contribution in [0.2, 0.25) is 0 Å². The number of allylic oxidation sites excluding steroid dienone is 1. The van der Waals surface area contributed by atoms with Crippen LogP contribution < -0.4 is 5.32 Å². The lowest BCUT2D eigenvalue weighted by Gasteiger charge is -2.19. The highest BCUT2D eigenvalue weighted by Crippen LogP contribution is 2.28. The van der Waals surface area contributed by atoms with Gasteiger partial charge in [0.15, 0.2) is 0 Å². The SMILES string of the molecule is N#CC=CC(NC(=O)O)C1CCCC1. The molecule has 0 saturated heterocycles. The zero-order valence-corrected chi connectivity index (χ0v) is 7.94. The largest absolute Gasteiger partial charge is 0.465 e. The highest BCUT2D eigenvalue weighted by molar-refractivity contribution is 5.65. The highest BCUT2D eigenvalue weighted by atomic mass is 16.4. The van der Waals surface area contributed by atoms with Crippen molar-refractivity contribution in [1.82, 2.24) is 5.32 Å². The van der Waals surface area contributed by atoms with Crippen LogP contribution in [0.5, 0.6) is 0 Å². The predicted octanol–water partition coefficient (Wildman–Crippen LogP) is 1.89. The molecule has 1 atom stereocenters. The minimum Gasteiger partial charge on any atom is -0.465 e. The molecule has 0 bridgehead atoms. The minimum absolute atomic E-state index is 0.199. The molecule has 76 valence electrons. The smallest absolute Gasteiger partial charge is 0.405 e. The summed E-state index contributed by atoms with van der Waals surface area (Å²) in [6, 6.07) is 1.68. The van der Waals surface area contributed by atoms with E-state index in [1.807, 2.05) is 6.07 Å². The van der Waals surface area contributed by atoms with E-state index in [1.54, 1.807) is 6.08 Å². The second-order valence-corrected chi connectivity index (χ2v) is 3.51. The van der Waals surface area contributed by atoms with Crippen LogP contribution in [0.25, 0.3) is 0 Å². The van der Waals surface area contributed by atoms with Gasteiger partial charge in [-0.05, 0) is 18.8 Å². The molecule has 0 radical (unpaired) electrons. The van der Waals surface area contributed by atoms with Gasteiger partial charge >= 0.3 is 6.09 Å². The van der Waals surface area contributed by atoms with Gasteiger partial charge in [-0.1, -0.05) is 18.9 Å². The number of amides is 1. The van der Waals surface area contributed by atoms with Crippen LogP contribution in [0.1, 0.15) is 25.7 Å². The molecule has 1 fully saturated rings. The molecule has 0 aliphatic heterocycles. The van der Waals surface area contributed by atoms with Crippen molar-refractivity contribution < 1.29 is 9.90 Å². The van der Waals surface area contributed by atoms with Gasteiger partial charge in [0.25, 0.3) is 0 Å². The van der Waals surface area contributed by atoms with Crippen molar-refractivity contribution in [1.29, 1.82) is 5.26 Å². The Labute approximate surface area is 83.2 Å². The standard InChI is InChI=1S/C10H14N2O2/c11-7-3-6-9(12-10(13)14)8-4-1-2-5-8/h3,6,8-9,12H,1-2,4-5H2,(H,13,14). The molecule has 1 saturated carbocycles. The Morgan fingerprint density at radius 2 is 2.21 bits per heavy atom. The fraction of sp³-hybridized carbons (Fsp3) is 0.600. The van der Waals surface area contributed by atoms with Crippen LogP contribution >= 0.6 is 0 Å². The first-order chi connectivity index (χ1) is 6.74.